The Kier molecular flexibility index (Phi) is 5.23. The molecule has 1 N–H and O–H groups in total. The van der Waals surface area contributed by atoms with Crippen LogP contribution in [0.5, 0.6) is 0 Å². The summed E-state index contributed by atoms with van der Waals surface area (Å²) in [5.41, 5.74) is 0.0184. The second kappa shape index (κ2) is 6.85. The highest BCUT2D eigenvalue weighted by Crippen LogP contribution is 2.29. The van der Waals surface area contributed by atoms with Crippen LogP contribution in [0.3, 0.4) is 0 Å². The van der Waals surface area contributed by atoms with E-state index < -0.39 is 33.7 Å². The molecule has 0 aliphatic carbocycles. The van der Waals surface area contributed by atoms with Crippen LogP contribution in [0.15, 0.2) is 22.7 Å². The molecule has 0 aliphatic rings. The molecule has 0 spiro atoms. The number of nitrogens with one attached hydrogen (secondary N) is 1. The summed E-state index contributed by atoms with van der Waals surface area (Å²) in [5, 5.41) is 3.15. The zero-order chi connectivity index (χ0) is 18.0. The number of hydrogen-bond donors (Lipinski definition) is 1. The summed E-state index contributed by atoms with van der Waals surface area (Å²) in [7, 11) is -3.50. The molecule has 0 saturated heterocycles. The van der Waals surface area contributed by atoms with Gasteiger partial charge in [0.15, 0.2) is 0 Å². The Hall–Kier alpha value is -2.01. The van der Waals surface area contributed by atoms with E-state index in [4.69, 9.17) is 0 Å². The summed E-state index contributed by atoms with van der Waals surface area (Å²) < 4.78 is 80.6. The predicted octanol–water partition coefficient (Wildman–Crippen LogP) is 2.72. The van der Waals surface area contributed by atoms with Crippen molar-refractivity contribution in [1.29, 1.82) is 0 Å². The first-order valence-corrected chi connectivity index (χ1v) is 8.44. The van der Waals surface area contributed by atoms with Crippen molar-refractivity contribution in [3.8, 4) is 11.4 Å². The summed E-state index contributed by atoms with van der Waals surface area (Å²) in [4.78, 5) is 3.15. The van der Waals surface area contributed by atoms with Crippen molar-refractivity contribution >= 4 is 10.0 Å². The lowest BCUT2D eigenvalue weighted by Gasteiger charge is -2.07. The van der Waals surface area contributed by atoms with Crippen LogP contribution in [0.1, 0.15) is 24.8 Å². The van der Waals surface area contributed by atoms with Gasteiger partial charge < -0.3 is 4.52 Å². The van der Waals surface area contributed by atoms with E-state index in [1.165, 1.54) is 12.1 Å². The average Bonchev–Trinajstić information content (AvgIpc) is 2.95. The summed E-state index contributed by atoms with van der Waals surface area (Å²) in [6, 6.07) is 3.43. The quantitative estimate of drug-likeness (QED) is 0.794. The highest BCUT2D eigenvalue weighted by atomic mass is 32.2. The molecule has 1 aromatic heterocycles. The normalized spacial score (nSPS) is 12.5. The second-order valence-corrected chi connectivity index (χ2v) is 6.79. The zero-order valence-electron chi connectivity index (χ0n) is 12.4. The second-order valence-electron chi connectivity index (χ2n) is 4.87. The molecule has 0 unspecified atom stereocenters. The van der Waals surface area contributed by atoms with Crippen LogP contribution < -0.4 is 4.72 Å². The summed E-state index contributed by atoms with van der Waals surface area (Å²) in [6.45, 7) is 1.42. The van der Waals surface area contributed by atoms with Crippen LogP contribution in [-0.2, 0) is 22.7 Å². The lowest BCUT2D eigenvalue weighted by atomic mass is 10.1. The number of sulfonamides is 1. The number of alkyl halides is 3. The average molecular weight is 367 g/mol. The molecule has 0 aliphatic heterocycles. The lowest BCUT2D eigenvalue weighted by molar-refractivity contribution is -0.159. The predicted molar refractivity (Wildman–Crippen MR) is 75.6 cm³/mol. The molecule has 0 saturated carbocycles. The van der Waals surface area contributed by atoms with Crippen molar-refractivity contribution in [2.24, 2.45) is 0 Å². The van der Waals surface area contributed by atoms with Crippen LogP contribution in [-0.4, -0.2) is 24.3 Å². The van der Waals surface area contributed by atoms with Gasteiger partial charge in [-0.1, -0.05) is 24.2 Å². The van der Waals surface area contributed by atoms with E-state index in [9.17, 15) is 26.0 Å². The lowest BCUT2D eigenvalue weighted by Crippen LogP contribution is -2.26. The van der Waals surface area contributed by atoms with Gasteiger partial charge in [0.1, 0.15) is 5.82 Å². The molecule has 11 heteroatoms. The fourth-order valence-electron chi connectivity index (χ4n) is 1.81. The Balaban J connectivity index is 2.16. The van der Waals surface area contributed by atoms with Crippen molar-refractivity contribution in [3.63, 3.8) is 0 Å². The molecule has 132 valence electrons. The van der Waals surface area contributed by atoms with Crippen molar-refractivity contribution in [2.75, 3.05) is 5.75 Å². The van der Waals surface area contributed by atoms with E-state index in [-0.39, 0.29) is 23.4 Å². The fourth-order valence-corrected chi connectivity index (χ4v) is 2.87. The molecule has 2 rings (SSSR count). The zero-order valence-corrected chi connectivity index (χ0v) is 13.2. The molecule has 24 heavy (non-hydrogen) atoms. The van der Waals surface area contributed by atoms with Crippen LogP contribution >= 0.6 is 0 Å². The Morgan fingerprint density at radius 2 is 2.00 bits per heavy atom. The number of nitrogens with zero attached hydrogens (tertiary/aromatic N) is 2. The molecule has 6 nitrogen and oxygen atoms in total. The number of hydrogen-bond acceptors (Lipinski definition) is 5. The third kappa shape index (κ3) is 4.51. The topological polar surface area (TPSA) is 85.1 Å². The molecular weight excluding hydrogens is 354 g/mol. The van der Waals surface area contributed by atoms with Crippen LogP contribution in [0, 0.1) is 5.82 Å². The standard InChI is InChI=1S/C13H13F4N3O3S/c1-2-5-24(21,22)18-7-9-4-3-8(6-10(9)14)11-19-12(23-20-11)13(15,16)17/h3-4,6,18H,2,5,7H2,1H3. The monoisotopic (exact) mass is 367 g/mol. The van der Waals surface area contributed by atoms with Gasteiger partial charge in [-0.2, -0.15) is 18.2 Å². The summed E-state index contributed by atoms with van der Waals surface area (Å²) >= 11 is 0. The molecule has 0 atom stereocenters. The van der Waals surface area contributed by atoms with E-state index in [1.807, 2.05) is 0 Å². The summed E-state index contributed by atoms with van der Waals surface area (Å²) in [5.74, 6) is -2.84. The minimum atomic E-state index is -4.79. The Morgan fingerprint density at radius 3 is 2.54 bits per heavy atom. The maximum Gasteiger partial charge on any atom is 0.471 e. The van der Waals surface area contributed by atoms with Crippen LogP contribution in [0.4, 0.5) is 17.6 Å². The highest BCUT2D eigenvalue weighted by Gasteiger charge is 2.38. The molecule has 0 fully saturated rings. The number of aromatic nitrogens is 2. The van der Waals surface area contributed by atoms with Gasteiger partial charge in [0.25, 0.3) is 0 Å². The third-order valence-corrected chi connectivity index (χ3v) is 4.47. The fraction of sp³-hybridized carbons (Fsp3) is 0.385. The van der Waals surface area contributed by atoms with E-state index in [1.54, 1.807) is 6.92 Å². The van der Waals surface area contributed by atoms with Crippen LogP contribution in [0.2, 0.25) is 0 Å². The first kappa shape index (κ1) is 18.3. The van der Waals surface area contributed by atoms with Gasteiger partial charge in [0.05, 0.1) is 5.75 Å². The Labute approximate surface area is 134 Å². The number of halogens is 4. The Morgan fingerprint density at radius 1 is 1.29 bits per heavy atom. The molecule has 2 aromatic rings. The van der Waals surface area contributed by atoms with E-state index >= 15 is 0 Å². The molecule has 0 bridgehead atoms. The van der Waals surface area contributed by atoms with Gasteiger partial charge >= 0.3 is 12.1 Å². The van der Waals surface area contributed by atoms with E-state index in [0.29, 0.717) is 6.42 Å². The third-order valence-electron chi connectivity index (χ3n) is 2.94. The van der Waals surface area contributed by atoms with Gasteiger partial charge in [-0.05, 0) is 12.5 Å². The van der Waals surface area contributed by atoms with Gasteiger partial charge in [0.2, 0.25) is 15.8 Å². The van der Waals surface area contributed by atoms with Gasteiger partial charge in [-0.15, -0.1) is 0 Å². The molecule has 1 aromatic carbocycles. The van der Waals surface area contributed by atoms with Gasteiger partial charge in [-0.3, -0.25) is 0 Å². The number of benzene rings is 1. The molecule has 0 radical (unpaired) electrons. The minimum Gasteiger partial charge on any atom is -0.329 e. The minimum absolute atomic E-state index is 0.0214. The first-order chi connectivity index (χ1) is 11.1. The van der Waals surface area contributed by atoms with Crippen molar-refractivity contribution in [3.05, 3.63) is 35.5 Å². The number of rotatable bonds is 6. The smallest absolute Gasteiger partial charge is 0.329 e. The highest BCUT2D eigenvalue weighted by molar-refractivity contribution is 7.89. The molecule has 0 amide bonds. The first-order valence-electron chi connectivity index (χ1n) is 6.79. The van der Waals surface area contributed by atoms with Crippen molar-refractivity contribution in [1.82, 2.24) is 14.9 Å². The maximum absolute atomic E-state index is 14.0. The van der Waals surface area contributed by atoms with E-state index in [2.05, 4.69) is 19.4 Å². The largest absolute Gasteiger partial charge is 0.471 e. The van der Waals surface area contributed by atoms with Crippen molar-refractivity contribution < 1.29 is 30.5 Å². The van der Waals surface area contributed by atoms with Gasteiger partial charge in [-0.25, -0.2) is 17.5 Å². The Bertz CT molecular complexity index is 818. The van der Waals surface area contributed by atoms with Crippen LogP contribution in [0.25, 0.3) is 11.4 Å². The maximum atomic E-state index is 14.0. The molecular formula is C13H13F4N3O3S. The summed E-state index contributed by atoms with van der Waals surface area (Å²) in [6.07, 6.45) is -4.38. The SMILES string of the molecule is CCCS(=O)(=O)NCc1ccc(-c2noc(C(F)(F)F)n2)cc1F. The van der Waals surface area contributed by atoms with E-state index in [0.717, 1.165) is 6.07 Å². The molecule has 1 heterocycles. The van der Waals surface area contributed by atoms with Crippen molar-refractivity contribution in [2.45, 2.75) is 26.1 Å². The van der Waals surface area contributed by atoms with Gasteiger partial charge in [0, 0.05) is 17.7 Å².